The number of halogens is 3. The molecule has 1 unspecified atom stereocenters. The van der Waals surface area contributed by atoms with Crippen molar-refractivity contribution in [2.45, 2.75) is 32.1 Å². The Hall–Kier alpha value is -1.16. The van der Waals surface area contributed by atoms with Gasteiger partial charge in [-0.15, -0.1) is 22.7 Å². The van der Waals surface area contributed by atoms with Crippen LogP contribution in [0.2, 0.25) is 0 Å². The molecule has 0 aliphatic rings. The van der Waals surface area contributed by atoms with Crippen LogP contribution in [-0.4, -0.2) is 10.4 Å². The van der Waals surface area contributed by atoms with Crippen molar-refractivity contribution in [2.75, 3.05) is 5.32 Å². The van der Waals surface area contributed by atoms with Crippen LogP contribution >= 0.6 is 34.2 Å². The third kappa shape index (κ3) is 3.52. The highest BCUT2D eigenvalue weighted by Gasteiger charge is 2.39. The lowest BCUT2D eigenvalue weighted by Gasteiger charge is -2.09. The second-order valence-corrected chi connectivity index (χ2v) is 8.11. The minimum atomic E-state index is -4.42. The quantitative estimate of drug-likeness (QED) is 0.662. The number of alkyl halides is 3. The van der Waals surface area contributed by atoms with Gasteiger partial charge in [0.05, 0.1) is 16.8 Å². The van der Waals surface area contributed by atoms with Gasteiger partial charge in [0.1, 0.15) is 10.5 Å². The zero-order valence-corrected chi connectivity index (χ0v) is 14.6. The first-order valence-corrected chi connectivity index (χ1v) is 9.33. The van der Waals surface area contributed by atoms with E-state index in [2.05, 4.69) is 9.69 Å². The van der Waals surface area contributed by atoms with Crippen molar-refractivity contribution in [1.82, 2.24) is 4.37 Å². The molecule has 0 radical (unpaired) electrons. The summed E-state index contributed by atoms with van der Waals surface area (Å²) in [6.07, 6.45) is -4.22. The second kappa shape index (κ2) is 6.39. The Kier molecular flexibility index (Phi) is 4.63. The SMILES string of the molecule is CC(N)Cc1sc2c(NCc3cccs3)snc2c1C(F)(F)F. The predicted molar refractivity (Wildman–Crippen MR) is 91.5 cm³/mol. The minimum Gasteiger partial charge on any atom is -0.370 e. The minimum absolute atomic E-state index is 0.0387. The van der Waals surface area contributed by atoms with Crippen molar-refractivity contribution in [2.24, 2.45) is 5.73 Å². The molecule has 0 bridgehead atoms. The first kappa shape index (κ1) is 16.7. The molecular weight excluding hydrogens is 363 g/mol. The topological polar surface area (TPSA) is 50.9 Å². The summed E-state index contributed by atoms with van der Waals surface area (Å²) in [5, 5.41) is 5.84. The molecule has 3 aromatic rings. The number of rotatable bonds is 5. The molecule has 0 fully saturated rings. The molecular formula is C14H14F3N3S3. The normalized spacial score (nSPS) is 13.6. The monoisotopic (exact) mass is 377 g/mol. The Morgan fingerprint density at radius 2 is 2.17 bits per heavy atom. The lowest BCUT2D eigenvalue weighted by molar-refractivity contribution is -0.136. The smallest absolute Gasteiger partial charge is 0.370 e. The largest absolute Gasteiger partial charge is 0.419 e. The highest BCUT2D eigenvalue weighted by molar-refractivity contribution is 7.24. The zero-order valence-electron chi connectivity index (χ0n) is 12.1. The fraction of sp³-hybridized carbons (Fsp3) is 0.357. The maximum atomic E-state index is 13.4. The number of hydrogen-bond donors (Lipinski definition) is 2. The van der Waals surface area contributed by atoms with Crippen LogP contribution in [0.15, 0.2) is 17.5 Å². The number of nitrogens with two attached hydrogens (primary N) is 1. The Morgan fingerprint density at radius 3 is 2.78 bits per heavy atom. The predicted octanol–water partition coefficient (Wildman–Crippen LogP) is 4.94. The maximum Gasteiger partial charge on any atom is 0.419 e. The van der Waals surface area contributed by atoms with Crippen molar-refractivity contribution >= 4 is 49.4 Å². The number of thiophene rings is 2. The van der Waals surface area contributed by atoms with E-state index in [1.165, 1.54) is 0 Å². The average Bonchev–Trinajstić information content (AvgIpc) is 3.10. The summed E-state index contributed by atoms with van der Waals surface area (Å²) in [6, 6.07) is 3.59. The van der Waals surface area contributed by atoms with Gasteiger partial charge in [-0.1, -0.05) is 6.07 Å². The Morgan fingerprint density at radius 1 is 1.39 bits per heavy atom. The van der Waals surface area contributed by atoms with E-state index in [0.717, 1.165) is 27.7 Å². The van der Waals surface area contributed by atoms with E-state index in [1.54, 1.807) is 18.3 Å². The number of nitrogens with one attached hydrogen (secondary N) is 1. The van der Waals surface area contributed by atoms with Gasteiger partial charge >= 0.3 is 6.18 Å². The fourth-order valence-corrected chi connectivity index (χ4v) is 5.20. The molecule has 124 valence electrons. The van der Waals surface area contributed by atoms with Crippen LogP contribution in [0, 0.1) is 0 Å². The average molecular weight is 377 g/mol. The molecule has 0 aromatic carbocycles. The number of anilines is 1. The Labute approximate surface area is 143 Å². The number of aromatic nitrogens is 1. The van der Waals surface area contributed by atoms with Crippen LogP contribution in [0.3, 0.4) is 0 Å². The summed E-state index contributed by atoms with van der Waals surface area (Å²) in [5.74, 6) is 0. The van der Waals surface area contributed by atoms with Gasteiger partial charge in [-0.05, 0) is 36.3 Å². The van der Waals surface area contributed by atoms with Crippen LogP contribution in [0.5, 0.6) is 0 Å². The van der Waals surface area contributed by atoms with Gasteiger partial charge in [0.2, 0.25) is 0 Å². The molecule has 3 N–H and O–H groups in total. The van der Waals surface area contributed by atoms with E-state index in [0.29, 0.717) is 16.2 Å². The highest BCUT2D eigenvalue weighted by Crippen LogP contribution is 2.46. The molecule has 3 heterocycles. The summed E-state index contributed by atoms with van der Waals surface area (Å²) in [6.45, 7) is 2.29. The van der Waals surface area contributed by atoms with Crippen LogP contribution in [-0.2, 0) is 19.1 Å². The van der Waals surface area contributed by atoms with E-state index in [4.69, 9.17) is 5.73 Å². The lowest BCUT2D eigenvalue weighted by Crippen LogP contribution is -2.19. The van der Waals surface area contributed by atoms with Crippen molar-refractivity contribution in [3.05, 3.63) is 32.8 Å². The highest BCUT2D eigenvalue weighted by atomic mass is 32.1. The molecule has 0 aliphatic heterocycles. The number of fused-ring (bicyclic) bond motifs is 1. The number of nitrogens with zero attached hydrogens (tertiary/aromatic N) is 1. The van der Waals surface area contributed by atoms with Gasteiger partial charge in [-0.25, -0.2) is 0 Å². The summed E-state index contributed by atoms with van der Waals surface area (Å²) >= 11 is 3.81. The summed E-state index contributed by atoms with van der Waals surface area (Å²) < 4.78 is 44.8. The van der Waals surface area contributed by atoms with Crippen LogP contribution in [0.1, 0.15) is 22.2 Å². The molecule has 23 heavy (non-hydrogen) atoms. The Bertz CT molecular complexity index is 787. The maximum absolute atomic E-state index is 13.4. The van der Waals surface area contributed by atoms with Crippen LogP contribution in [0.25, 0.3) is 10.2 Å². The molecule has 9 heteroatoms. The van der Waals surface area contributed by atoms with Gasteiger partial charge in [-0.3, -0.25) is 0 Å². The van der Waals surface area contributed by atoms with E-state index >= 15 is 0 Å². The summed E-state index contributed by atoms with van der Waals surface area (Å²) in [4.78, 5) is 1.38. The second-order valence-electron chi connectivity index (χ2n) is 5.20. The van der Waals surface area contributed by atoms with Gasteiger partial charge in [0.25, 0.3) is 0 Å². The van der Waals surface area contributed by atoms with Gasteiger partial charge in [0, 0.05) is 15.8 Å². The fourth-order valence-electron chi connectivity index (χ4n) is 2.26. The van der Waals surface area contributed by atoms with Crippen molar-refractivity contribution in [3.8, 4) is 0 Å². The zero-order chi connectivity index (χ0) is 16.6. The first-order chi connectivity index (χ1) is 10.9. The molecule has 0 saturated carbocycles. The first-order valence-electron chi connectivity index (χ1n) is 6.86. The van der Waals surface area contributed by atoms with E-state index in [1.807, 2.05) is 17.5 Å². The molecule has 1 atom stereocenters. The molecule has 3 aromatic heterocycles. The molecule has 3 nitrogen and oxygen atoms in total. The molecule has 0 aliphatic carbocycles. The van der Waals surface area contributed by atoms with E-state index in [-0.39, 0.29) is 22.9 Å². The third-order valence-electron chi connectivity index (χ3n) is 3.18. The van der Waals surface area contributed by atoms with Gasteiger partial charge < -0.3 is 11.1 Å². The van der Waals surface area contributed by atoms with Gasteiger partial charge in [-0.2, -0.15) is 17.5 Å². The summed E-state index contributed by atoms with van der Waals surface area (Å²) in [7, 11) is 0. The molecule has 0 spiro atoms. The van der Waals surface area contributed by atoms with Crippen LogP contribution in [0.4, 0.5) is 18.2 Å². The van der Waals surface area contributed by atoms with E-state index < -0.39 is 11.7 Å². The standard InChI is InChI=1S/C14H14F3N3S3/c1-7(18)5-9-10(14(15,16)17)11-12(22-9)13(23-20-11)19-6-8-3-2-4-21-8/h2-4,7,19H,5-6,18H2,1H3. The van der Waals surface area contributed by atoms with Crippen molar-refractivity contribution in [1.29, 1.82) is 0 Å². The van der Waals surface area contributed by atoms with Crippen molar-refractivity contribution < 1.29 is 13.2 Å². The summed E-state index contributed by atoms with van der Waals surface area (Å²) in [5.41, 5.74) is 5.10. The van der Waals surface area contributed by atoms with E-state index in [9.17, 15) is 13.2 Å². The molecule has 0 saturated heterocycles. The molecule has 3 rings (SSSR count). The Balaban J connectivity index is 1.97. The third-order valence-corrected chi connectivity index (χ3v) is 6.21. The lowest BCUT2D eigenvalue weighted by atomic mass is 10.1. The van der Waals surface area contributed by atoms with Crippen molar-refractivity contribution in [3.63, 3.8) is 0 Å². The van der Waals surface area contributed by atoms with Gasteiger partial charge in [0.15, 0.2) is 0 Å². The number of hydrogen-bond acceptors (Lipinski definition) is 6. The van der Waals surface area contributed by atoms with Crippen LogP contribution < -0.4 is 11.1 Å². The molecule has 0 amide bonds.